The zero-order valence-electron chi connectivity index (χ0n) is 22.0. The minimum Gasteiger partial charge on any atom is -0.391 e. The van der Waals surface area contributed by atoms with Crippen molar-refractivity contribution in [2.45, 2.75) is 69.6 Å². The van der Waals surface area contributed by atoms with E-state index in [-0.39, 0.29) is 23.8 Å². The summed E-state index contributed by atoms with van der Waals surface area (Å²) in [6.07, 6.45) is 4.10. The number of likely N-dealkylation sites (tertiary alicyclic amines) is 1. The van der Waals surface area contributed by atoms with E-state index in [9.17, 15) is 15.0 Å². The number of hydrogen-bond acceptors (Lipinski definition) is 5. The van der Waals surface area contributed by atoms with E-state index in [2.05, 4.69) is 6.07 Å². The molecule has 0 aromatic heterocycles. The van der Waals surface area contributed by atoms with Gasteiger partial charge in [-0.3, -0.25) is 4.79 Å². The number of unbranched alkanes of at least 4 members (excludes halogenated alkanes) is 1. The van der Waals surface area contributed by atoms with Gasteiger partial charge in [0.15, 0.2) is 0 Å². The standard InChI is InChI=1S/C30H41ClN2O4/c1-20-8-5-9-21(16-20)28-24(11-6-12-25(28)31)30(36,13-3-4-15-37-2)23-10-7-14-33(19-23)29(35)22-17-26(32)27(34)18-22/h5-6,8-9,11-12,16,22-23,26-27,34,36H,3-4,7,10,13-15,17-19,32H2,1-2H3/t22-,23+,26+,27-,30-/m0/s1. The molecule has 0 spiro atoms. The smallest absolute Gasteiger partial charge is 0.225 e. The van der Waals surface area contributed by atoms with E-state index in [1.807, 2.05) is 48.2 Å². The van der Waals surface area contributed by atoms with Gasteiger partial charge in [0.1, 0.15) is 0 Å². The Bertz CT molecular complexity index is 1070. The third kappa shape index (κ3) is 6.21. The fraction of sp³-hybridized carbons (Fsp3) is 0.567. The number of amides is 1. The van der Waals surface area contributed by atoms with Crippen molar-refractivity contribution < 1.29 is 19.7 Å². The average molecular weight is 529 g/mol. The molecule has 0 radical (unpaired) electrons. The Balaban J connectivity index is 1.68. The average Bonchev–Trinajstić information content (AvgIpc) is 3.23. The van der Waals surface area contributed by atoms with Gasteiger partial charge < -0.3 is 25.6 Å². The quantitative estimate of drug-likeness (QED) is 0.411. The lowest BCUT2D eigenvalue weighted by molar-refractivity contribution is -0.141. The van der Waals surface area contributed by atoms with Crippen molar-refractivity contribution >= 4 is 17.5 Å². The molecule has 1 aliphatic carbocycles. The van der Waals surface area contributed by atoms with E-state index in [1.165, 1.54) is 0 Å². The number of carbonyl (C=O) groups excluding carboxylic acids is 1. The summed E-state index contributed by atoms with van der Waals surface area (Å²) < 4.78 is 5.27. The molecular weight excluding hydrogens is 488 g/mol. The Morgan fingerprint density at radius 1 is 1.22 bits per heavy atom. The van der Waals surface area contributed by atoms with Gasteiger partial charge in [0.2, 0.25) is 5.91 Å². The highest BCUT2D eigenvalue weighted by molar-refractivity contribution is 6.33. The third-order valence-electron chi connectivity index (χ3n) is 8.28. The third-order valence-corrected chi connectivity index (χ3v) is 8.59. The second-order valence-corrected chi connectivity index (χ2v) is 11.3. The first-order chi connectivity index (χ1) is 17.7. The number of nitrogens with two attached hydrogens (primary N) is 1. The van der Waals surface area contributed by atoms with Crippen molar-refractivity contribution in [1.82, 2.24) is 4.90 Å². The number of benzene rings is 2. The second-order valence-electron chi connectivity index (χ2n) is 10.9. The number of hydrogen-bond donors (Lipinski definition) is 3. The van der Waals surface area contributed by atoms with Gasteiger partial charge in [0.25, 0.3) is 0 Å². The fourth-order valence-corrected chi connectivity index (χ4v) is 6.54. The Morgan fingerprint density at radius 3 is 2.70 bits per heavy atom. The Morgan fingerprint density at radius 2 is 2.00 bits per heavy atom. The molecule has 1 aliphatic heterocycles. The largest absolute Gasteiger partial charge is 0.391 e. The van der Waals surface area contributed by atoms with Crippen LogP contribution in [0.3, 0.4) is 0 Å². The molecule has 5 atom stereocenters. The van der Waals surface area contributed by atoms with Crippen LogP contribution in [0.4, 0.5) is 0 Å². The van der Waals surface area contributed by atoms with Crippen molar-refractivity contribution in [1.29, 1.82) is 0 Å². The van der Waals surface area contributed by atoms with Crippen molar-refractivity contribution in [2.24, 2.45) is 17.6 Å². The molecule has 6 nitrogen and oxygen atoms in total. The highest BCUT2D eigenvalue weighted by Gasteiger charge is 2.44. The molecule has 4 N–H and O–H groups in total. The molecular formula is C30H41ClN2O4. The van der Waals surface area contributed by atoms with E-state index < -0.39 is 11.7 Å². The molecule has 0 bridgehead atoms. The van der Waals surface area contributed by atoms with Crippen LogP contribution >= 0.6 is 11.6 Å². The van der Waals surface area contributed by atoms with Crippen LogP contribution < -0.4 is 5.73 Å². The van der Waals surface area contributed by atoms with Crippen LogP contribution in [-0.2, 0) is 15.1 Å². The molecule has 7 heteroatoms. The summed E-state index contributed by atoms with van der Waals surface area (Å²) in [6.45, 7) is 3.82. The van der Waals surface area contributed by atoms with Crippen molar-refractivity contribution in [3.8, 4) is 11.1 Å². The number of aryl methyl sites for hydroxylation is 1. The fourth-order valence-electron chi connectivity index (χ4n) is 6.25. The number of rotatable bonds is 9. The minimum absolute atomic E-state index is 0.0448. The predicted octanol–water partition coefficient (Wildman–Crippen LogP) is 4.66. The molecule has 0 unspecified atom stereocenters. The topological polar surface area (TPSA) is 96.0 Å². The number of aliphatic hydroxyl groups is 2. The SMILES string of the molecule is COCCCC[C@@](O)(c1cccc(Cl)c1-c1cccc(C)c1)[C@@H]1CCCN(C(=O)[C@H]2C[C@@H](N)[C@@H](O)C2)C1. The number of nitrogens with zero attached hydrogens (tertiary/aromatic N) is 1. The monoisotopic (exact) mass is 528 g/mol. The van der Waals surface area contributed by atoms with Crippen LogP contribution in [-0.4, -0.2) is 60.0 Å². The first-order valence-corrected chi connectivity index (χ1v) is 13.9. The second kappa shape index (κ2) is 12.3. The lowest BCUT2D eigenvalue weighted by atomic mass is 9.72. The van der Waals surface area contributed by atoms with E-state index in [4.69, 9.17) is 22.1 Å². The van der Waals surface area contributed by atoms with Gasteiger partial charge in [-0.1, -0.05) is 53.6 Å². The van der Waals surface area contributed by atoms with Crippen molar-refractivity contribution in [2.75, 3.05) is 26.8 Å². The Hall–Kier alpha value is -1.96. The molecule has 4 rings (SSSR count). The Kier molecular flexibility index (Phi) is 9.30. The number of ether oxygens (including phenoxy) is 1. The van der Waals surface area contributed by atoms with Gasteiger partial charge in [-0.05, 0) is 69.1 Å². The maximum Gasteiger partial charge on any atom is 0.225 e. The summed E-state index contributed by atoms with van der Waals surface area (Å²) in [6, 6.07) is 13.6. The lowest BCUT2D eigenvalue weighted by Gasteiger charge is -2.44. The molecule has 1 saturated carbocycles. The summed E-state index contributed by atoms with van der Waals surface area (Å²) in [5, 5.41) is 23.3. The predicted molar refractivity (Wildman–Crippen MR) is 147 cm³/mol. The number of aliphatic hydroxyl groups excluding tert-OH is 1. The van der Waals surface area contributed by atoms with E-state index in [1.54, 1.807) is 7.11 Å². The molecule has 2 aliphatic rings. The van der Waals surface area contributed by atoms with Crippen LogP contribution in [0.5, 0.6) is 0 Å². The number of piperidine rings is 1. The molecule has 202 valence electrons. The first-order valence-electron chi connectivity index (χ1n) is 13.5. The van der Waals surface area contributed by atoms with Gasteiger partial charge in [-0.25, -0.2) is 0 Å². The van der Waals surface area contributed by atoms with Crippen LogP contribution in [0.15, 0.2) is 42.5 Å². The van der Waals surface area contributed by atoms with Crippen LogP contribution in [0, 0.1) is 18.8 Å². The zero-order valence-corrected chi connectivity index (χ0v) is 22.8. The summed E-state index contributed by atoms with van der Waals surface area (Å²) >= 11 is 6.81. The molecule has 2 aromatic carbocycles. The highest BCUT2D eigenvalue weighted by Crippen LogP contribution is 2.46. The van der Waals surface area contributed by atoms with Gasteiger partial charge in [0.05, 0.1) is 11.7 Å². The normalized spacial score (nSPS) is 25.7. The number of methoxy groups -OCH3 is 1. The Labute approximate surface area is 225 Å². The number of halogens is 1. The van der Waals surface area contributed by atoms with Gasteiger partial charge in [-0.2, -0.15) is 0 Å². The zero-order chi connectivity index (χ0) is 26.6. The molecule has 37 heavy (non-hydrogen) atoms. The van der Waals surface area contributed by atoms with Gasteiger partial charge in [-0.15, -0.1) is 0 Å². The molecule has 2 aromatic rings. The summed E-state index contributed by atoms with van der Waals surface area (Å²) in [5.74, 6) is -0.356. The summed E-state index contributed by atoms with van der Waals surface area (Å²) in [5.41, 5.74) is 8.62. The maximum absolute atomic E-state index is 13.4. The van der Waals surface area contributed by atoms with Crippen molar-refractivity contribution in [3.05, 3.63) is 58.6 Å². The lowest BCUT2D eigenvalue weighted by Crippen LogP contribution is -2.49. The van der Waals surface area contributed by atoms with E-state index in [0.29, 0.717) is 44.0 Å². The van der Waals surface area contributed by atoms with Crippen molar-refractivity contribution in [3.63, 3.8) is 0 Å². The van der Waals surface area contributed by atoms with Gasteiger partial charge >= 0.3 is 0 Å². The molecule has 1 saturated heterocycles. The van der Waals surface area contributed by atoms with Gasteiger partial charge in [0, 0.05) is 55.3 Å². The molecule has 1 heterocycles. The minimum atomic E-state index is -1.16. The van der Waals surface area contributed by atoms with Crippen LogP contribution in [0.1, 0.15) is 56.1 Å². The van der Waals surface area contributed by atoms with Crippen LogP contribution in [0.25, 0.3) is 11.1 Å². The summed E-state index contributed by atoms with van der Waals surface area (Å²) in [4.78, 5) is 15.3. The molecule has 1 amide bonds. The van der Waals surface area contributed by atoms with E-state index >= 15 is 0 Å². The molecule has 2 fully saturated rings. The highest BCUT2D eigenvalue weighted by atomic mass is 35.5. The maximum atomic E-state index is 13.4. The number of carbonyl (C=O) groups is 1. The summed E-state index contributed by atoms with van der Waals surface area (Å²) in [7, 11) is 1.69. The first kappa shape index (κ1) is 28.1. The van der Waals surface area contributed by atoms with Crippen LogP contribution in [0.2, 0.25) is 5.02 Å². The van der Waals surface area contributed by atoms with E-state index in [0.717, 1.165) is 47.9 Å².